The van der Waals surface area contributed by atoms with E-state index in [1.807, 2.05) is 13.0 Å². The largest absolute Gasteiger partial charge is 0.505 e. The van der Waals surface area contributed by atoms with Crippen molar-refractivity contribution in [1.82, 2.24) is 0 Å². The molecule has 4 nitrogen and oxygen atoms in total. The molecule has 0 spiro atoms. The van der Waals surface area contributed by atoms with Gasteiger partial charge >= 0.3 is 0 Å². The normalized spacial score (nSPS) is 11.4. The minimum atomic E-state index is -0.557. The lowest BCUT2D eigenvalue weighted by atomic mass is 10.0. The molecule has 0 atom stereocenters. The van der Waals surface area contributed by atoms with Crippen LogP contribution in [0.25, 0.3) is 0 Å². The minimum Gasteiger partial charge on any atom is -0.505 e. The predicted octanol–water partition coefficient (Wildman–Crippen LogP) is 2.07. The Balaban J connectivity index is 2.85. The van der Waals surface area contributed by atoms with Gasteiger partial charge in [-0.2, -0.15) is 0 Å². The van der Waals surface area contributed by atoms with Crippen LogP contribution in [0.1, 0.15) is 31.4 Å². The molecule has 0 fully saturated rings. The molecular formula is C13H20N2O2. The molecule has 0 aliphatic carbocycles. The van der Waals surface area contributed by atoms with Crippen molar-refractivity contribution < 1.29 is 9.90 Å². The highest BCUT2D eigenvalue weighted by atomic mass is 16.3. The number of benzene rings is 1. The van der Waals surface area contributed by atoms with E-state index in [0.29, 0.717) is 5.69 Å². The first-order chi connectivity index (χ1) is 7.69. The minimum absolute atomic E-state index is 0.110. The Labute approximate surface area is 102 Å². The van der Waals surface area contributed by atoms with Crippen molar-refractivity contribution in [2.45, 2.75) is 39.7 Å². The van der Waals surface area contributed by atoms with E-state index in [1.54, 1.807) is 26.8 Å². The molecular weight excluding hydrogens is 216 g/mol. The summed E-state index contributed by atoms with van der Waals surface area (Å²) in [7, 11) is 0. The van der Waals surface area contributed by atoms with Gasteiger partial charge in [-0.05, 0) is 44.9 Å². The number of carbonyl (C=O) groups excluding carboxylic acids is 1. The Bertz CT molecular complexity index is 434. The highest BCUT2D eigenvalue weighted by Crippen LogP contribution is 2.28. The summed E-state index contributed by atoms with van der Waals surface area (Å²) < 4.78 is 0. The number of aromatic hydroxyl groups is 1. The Morgan fingerprint density at radius 1 is 1.41 bits per heavy atom. The van der Waals surface area contributed by atoms with Gasteiger partial charge in [-0.3, -0.25) is 4.79 Å². The average molecular weight is 236 g/mol. The molecule has 0 saturated heterocycles. The average Bonchev–Trinajstić information content (AvgIpc) is 2.10. The van der Waals surface area contributed by atoms with Crippen LogP contribution in [0.3, 0.4) is 0 Å². The summed E-state index contributed by atoms with van der Waals surface area (Å²) in [6.45, 7) is 7.28. The number of phenols is 1. The number of hydrogen-bond acceptors (Lipinski definition) is 3. The lowest BCUT2D eigenvalue weighted by molar-refractivity contribution is -0.117. The van der Waals surface area contributed by atoms with Gasteiger partial charge in [0.05, 0.1) is 5.69 Å². The fraction of sp³-hybridized carbons (Fsp3) is 0.462. The first-order valence-electron chi connectivity index (χ1n) is 5.58. The molecule has 94 valence electrons. The number of phenolic OH excluding ortho intramolecular Hbond substituents is 1. The lowest BCUT2D eigenvalue weighted by Crippen LogP contribution is -2.36. The van der Waals surface area contributed by atoms with Gasteiger partial charge in [0.1, 0.15) is 5.75 Å². The maximum absolute atomic E-state index is 11.7. The first kappa shape index (κ1) is 13.5. The molecule has 0 radical (unpaired) electrons. The molecule has 4 N–H and O–H groups in total. The quantitative estimate of drug-likeness (QED) is 0.703. The summed E-state index contributed by atoms with van der Waals surface area (Å²) in [5, 5.41) is 12.5. The van der Waals surface area contributed by atoms with Crippen molar-refractivity contribution in [3.63, 3.8) is 0 Å². The second-order valence-electron chi connectivity index (χ2n) is 5.19. The van der Waals surface area contributed by atoms with Crippen LogP contribution in [0.2, 0.25) is 0 Å². The highest BCUT2D eigenvalue weighted by molar-refractivity contribution is 5.93. The maximum Gasteiger partial charge on any atom is 0.226 e. The summed E-state index contributed by atoms with van der Waals surface area (Å²) in [4.78, 5) is 11.7. The SMILES string of the molecule is Cc1cc(C)c(O)c(NC(=O)CC(C)(C)N)c1. The second kappa shape index (κ2) is 4.75. The molecule has 0 unspecified atom stereocenters. The van der Waals surface area contributed by atoms with Gasteiger partial charge in [-0.25, -0.2) is 0 Å². The van der Waals surface area contributed by atoms with Crippen LogP contribution in [0.4, 0.5) is 5.69 Å². The van der Waals surface area contributed by atoms with Gasteiger partial charge in [0.25, 0.3) is 0 Å². The zero-order valence-electron chi connectivity index (χ0n) is 10.8. The first-order valence-corrected chi connectivity index (χ1v) is 5.58. The zero-order chi connectivity index (χ0) is 13.2. The second-order valence-corrected chi connectivity index (χ2v) is 5.19. The number of anilines is 1. The molecule has 17 heavy (non-hydrogen) atoms. The van der Waals surface area contributed by atoms with E-state index in [9.17, 15) is 9.90 Å². The molecule has 1 aromatic carbocycles. The topological polar surface area (TPSA) is 75.3 Å². The van der Waals surface area contributed by atoms with Crippen LogP contribution in [0.15, 0.2) is 12.1 Å². The number of aryl methyl sites for hydroxylation is 2. The number of nitrogens with two attached hydrogens (primary N) is 1. The van der Waals surface area contributed by atoms with Crippen molar-refractivity contribution >= 4 is 11.6 Å². The van der Waals surface area contributed by atoms with E-state index < -0.39 is 5.54 Å². The third-order valence-corrected chi connectivity index (χ3v) is 2.34. The zero-order valence-corrected chi connectivity index (χ0v) is 10.8. The summed E-state index contributed by atoms with van der Waals surface area (Å²) >= 11 is 0. The predicted molar refractivity (Wildman–Crippen MR) is 69.1 cm³/mol. The Morgan fingerprint density at radius 3 is 2.53 bits per heavy atom. The fourth-order valence-electron chi connectivity index (χ4n) is 1.66. The summed E-state index contributed by atoms with van der Waals surface area (Å²) in [6, 6.07) is 3.60. The van der Waals surface area contributed by atoms with Gasteiger partial charge in [0.15, 0.2) is 0 Å². The number of rotatable bonds is 3. The van der Waals surface area contributed by atoms with Crippen LogP contribution in [-0.4, -0.2) is 16.6 Å². The van der Waals surface area contributed by atoms with Gasteiger partial charge in [0.2, 0.25) is 5.91 Å². The lowest BCUT2D eigenvalue weighted by Gasteiger charge is -2.18. The van der Waals surface area contributed by atoms with Crippen molar-refractivity contribution in [2.24, 2.45) is 5.73 Å². The molecule has 0 aliphatic rings. The number of nitrogens with one attached hydrogen (secondary N) is 1. The molecule has 1 amide bonds. The van der Waals surface area contributed by atoms with Crippen LogP contribution in [0.5, 0.6) is 5.75 Å². The van der Waals surface area contributed by atoms with Crippen molar-refractivity contribution in [3.8, 4) is 5.75 Å². The van der Waals surface area contributed by atoms with Gasteiger partial charge in [-0.1, -0.05) is 6.07 Å². The van der Waals surface area contributed by atoms with E-state index in [2.05, 4.69) is 5.32 Å². The van der Waals surface area contributed by atoms with Gasteiger partial charge in [0, 0.05) is 12.0 Å². The molecule has 0 bridgehead atoms. The third kappa shape index (κ3) is 4.07. The van der Waals surface area contributed by atoms with Crippen LogP contribution in [-0.2, 0) is 4.79 Å². The van der Waals surface area contributed by atoms with Crippen LogP contribution >= 0.6 is 0 Å². The van der Waals surface area contributed by atoms with E-state index >= 15 is 0 Å². The van der Waals surface area contributed by atoms with Crippen molar-refractivity contribution in [3.05, 3.63) is 23.3 Å². The summed E-state index contributed by atoms with van der Waals surface area (Å²) in [6.07, 6.45) is 0.208. The smallest absolute Gasteiger partial charge is 0.226 e. The molecule has 1 rings (SSSR count). The number of carbonyl (C=O) groups is 1. The van der Waals surface area contributed by atoms with Gasteiger partial charge < -0.3 is 16.2 Å². The monoisotopic (exact) mass is 236 g/mol. The van der Waals surface area contributed by atoms with E-state index in [0.717, 1.165) is 11.1 Å². The van der Waals surface area contributed by atoms with E-state index in [1.165, 1.54) is 0 Å². The number of amides is 1. The van der Waals surface area contributed by atoms with Crippen molar-refractivity contribution in [1.29, 1.82) is 0 Å². The molecule has 0 aromatic heterocycles. The van der Waals surface area contributed by atoms with Crippen molar-refractivity contribution in [2.75, 3.05) is 5.32 Å². The molecule has 4 heteroatoms. The summed E-state index contributed by atoms with van der Waals surface area (Å²) in [5.41, 5.74) is 7.38. The van der Waals surface area contributed by atoms with E-state index in [4.69, 9.17) is 5.73 Å². The summed E-state index contributed by atoms with van der Waals surface area (Å²) in [5.74, 6) is -0.0865. The standard InChI is InChI=1S/C13H20N2O2/c1-8-5-9(2)12(17)10(6-8)15-11(16)7-13(3,4)14/h5-6,17H,7,14H2,1-4H3,(H,15,16). The van der Waals surface area contributed by atoms with Crippen LogP contribution in [0, 0.1) is 13.8 Å². The highest BCUT2D eigenvalue weighted by Gasteiger charge is 2.17. The van der Waals surface area contributed by atoms with E-state index in [-0.39, 0.29) is 18.1 Å². The maximum atomic E-state index is 11.7. The molecule has 0 heterocycles. The van der Waals surface area contributed by atoms with Crippen LogP contribution < -0.4 is 11.1 Å². The fourth-order valence-corrected chi connectivity index (χ4v) is 1.66. The Kier molecular flexibility index (Phi) is 3.78. The number of hydrogen-bond donors (Lipinski definition) is 3. The van der Waals surface area contributed by atoms with Gasteiger partial charge in [-0.15, -0.1) is 0 Å². The molecule has 0 saturated carbocycles. The molecule has 1 aromatic rings. The molecule has 0 aliphatic heterocycles. The Hall–Kier alpha value is -1.55. The third-order valence-electron chi connectivity index (χ3n) is 2.34. The Morgan fingerprint density at radius 2 is 2.00 bits per heavy atom.